The Kier molecular flexibility index (Phi) is 7.80. The molecular formula is C15H24BrClN2O3S. The van der Waals surface area contributed by atoms with Gasteiger partial charge >= 0.3 is 0 Å². The number of methoxy groups -OCH3 is 1. The highest BCUT2D eigenvalue weighted by Crippen LogP contribution is 2.33. The van der Waals surface area contributed by atoms with Gasteiger partial charge in [0.2, 0.25) is 10.0 Å². The van der Waals surface area contributed by atoms with Crippen LogP contribution in [0.3, 0.4) is 0 Å². The van der Waals surface area contributed by atoms with Crippen molar-refractivity contribution < 1.29 is 13.2 Å². The molecule has 0 spiro atoms. The van der Waals surface area contributed by atoms with Gasteiger partial charge < -0.3 is 10.1 Å². The zero-order chi connectivity index (χ0) is 16.3. The van der Waals surface area contributed by atoms with Crippen molar-refractivity contribution in [3.05, 3.63) is 22.2 Å². The van der Waals surface area contributed by atoms with Gasteiger partial charge in [0, 0.05) is 23.6 Å². The van der Waals surface area contributed by atoms with Gasteiger partial charge in [-0.1, -0.05) is 22.9 Å². The predicted molar refractivity (Wildman–Crippen MR) is 98.1 cm³/mol. The standard InChI is InChI=1S/C15H23BrN2O3S.ClH/c1-4-7-18(12-5-6-17-10-12)22(19,20)15-9-13(16)11(2)8-14(15)21-3;/h8-9,12,17H,4-7,10H2,1-3H3;1H. The lowest BCUT2D eigenvalue weighted by molar-refractivity contribution is 0.331. The number of hydrogen-bond donors (Lipinski definition) is 1. The van der Waals surface area contributed by atoms with Gasteiger partial charge in [0.1, 0.15) is 10.6 Å². The van der Waals surface area contributed by atoms with Crippen molar-refractivity contribution in [2.45, 2.75) is 37.6 Å². The highest BCUT2D eigenvalue weighted by molar-refractivity contribution is 9.10. The van der Waals surface area contributed by atoms with Gasteiger partial charge in [-0.2, -0.15) is 4.31 Å². The molecule has 2 rings (SSSR count). The second-order valence-electron chi connectivity index (χ2n) is 5.51. The Hall–Kier alpha value is -0.340. The lowest BCUT2D eigenvalue weighted by Crippen LogP contribution is -2.42. The molecule has 0 amide bonds. The molecule has 0 radical (unpaired) electrons. The monoisotopic (exact) mass is 426 g/mol. The summed E-state index contributed by atoms with van der Waals surface area (Å²) in [5.74, 6) is 0.396. The molecule has 0 bridgehead atoms. The summed E-state index contributed by atoms with van der Waals surface area (Å²) >= 11 is 3.42. The van der Waals surface area contributed by atoms with Crippen molar-refractivity contribution in [1.82, 2.24) is 9.62 Å². The van der Waals surface area contributed by atoms with Gasteiger partial charge in [-0.3, -0.25) is 0 Å². The lowest BCUT2D eigenvalue weighted by atomic mass is 10.2. The third-order valence-electron chi connectivity index (χ3n) is 3.92. The van der Waals surface area contributed by atoms with E-state index >= 15 is 0 Å². The van der Waals surface area contributed by atoms with E-state index in [2.05, 4.69) is 21.2 Å². The molecule has 23 heavy (non-hydrogen) atoms. The summed E-state index contributed by atoms with van der Waals surface area (Å²) in [5.41, 5.74) is 0.945. The van der Waals surface area contributed by atoms with E-state index in [-0.39, 0.29) is 23.3 Å². The summed E-state index contributed by atoms with van der Waals surface area (Å²) < 4.78 is 34.0. The topological polar surface area (TPSA) is 58.6 Å². The second-order valence-corrected chi connectivity index (χ2v) is 8.23. The van der Waals surface area contributed by atoms with E-state index < -0.39 is 10.0 Å². The van der Waals surface area contributed by atoms with Crippen molar-refractivity contribution >= 4 is 38.4 Å². The van der Waals surface area contributed by atoms with Crippen molar-refractivity contribution in [1.29, 1.82) is 0 Å². The minimum absolute atomic E-state index is 0. The molecule has 5 nitrogen and oxygen atoms in total. The van der Waals surface area contributed by atoms with Crippen molar-refractivity contribution in [2.75, 3.05) is 26.7 Å². The number of benzene rings is 1. The second kappa shape index (κ2) is 8.67. The molecule has 1 heterocycles. The highest BCUT2D eigenvalue weighted by Gasteiger charge is 2.34. The van der Waals surface area contributed by atoms with E-state index in [1.54, 1.807) is 16.4 Å². The molecule has 8 heteroatoms. The van der Waals surface area contributed by atoms with Gasteiger partial charge in [-0.25, -0.2) is 8.42 Å². The molecule has 1 atom stereocenters. The molecular weight excluding hydrogens is 404 g/mol. The van der Waals surface area contributed by atoms with Crippen LogP contribution in [0, 0.1) is 6.92 Å². The maximum Gasteiger partial charge on any atom is 0.247 e. The van der Waals surface area contributed by atoms with Gasteiger partial charge in [-0.05, 0) is 44.0 Å². The third-order valence-corrected chi connectivity index (χ3v) is 6.74. The summed E-state index contributed by atoms with van der Waals surface area (Å²) in [6.45, 7) is 5.98. The Labute approximate surface area is 153 Å². The molecule has 0 aromatic heterocycles. The Morgan fingerprint density at radius 1 is 1.43 bits per heavy atom. The molecule has 1 aliphatic heterocycles. The highest BCUT2D eigenvalue weighted by atomic mass is 79.9. The molecule has 1 aromatic carbocycles. The first-order valence-electron chi connectivity index (χ1n) is 7.48. The van der Waals surface area contributed by atoms with Crippen molar-refractivity contribution in [3.63, 3.8) is 0 Å². The number of aryl methyl sites for hydroxylation is 1. The van der Waals surface area contributed by atoms with Crippen LogP contribution in [-0.4, -0.2) is 45.5 Å². The van der Waals surface area contributed by atoms with Crippen LogP contribution in [0.5, 0.6) is 5.75 Å². The van der Waals surface area contributed by atoms with Gasteiger partial charge in [0.25, 0.3) is 0 Å². The van der Waals surface area contributed by atoms with Crippen molar-refractivity contribution in [3.8, 4) is 5.75 Å². The smallest absolute Gasteiger partial charge is 0.247 e. The van der Waals surface area contributed by atoms with Crippen LogP contribution in [0.4, 0.5) is 0 Å². The molecule has 0 saturated carbocycles. The fraction of sp³-hybridized carbons (Fsp3) is 0.600. The Bertz CT molecular complexity index is 634. The molecule has 1 saturated heterocycles. The minimum atomic E-state index is -3.59. The largest absolute Gasteiger partial charge is 0.495 e. The number of ether oxygens (including phenoxy) is 1. The van der Waals surface area contributed by atoms with Crippen LogP contribution in [0.15, 0.2) is 21.5 Å². The fourth-order valence-corrected chi connectivity index (χ4v) is 5.14. The quantitative estimate of drug-likeness (QED) is 0.758. The van der Waals surface area contributed by atoms with Crippen LogP contribution in [0.1, 0.15) is 25.3 Å². The summed E-state index contributed by atoms with van der Waals surface area (Å²) in [5, 5.41) is 3.24. The number of rotatable bonds is 6. The van der Waals surface area contributed by atoms with Crippen LogP contribution >= 0.6 is 28.3 Å². The number of nitrogens with zero attached hydrogens (tertiary/aromatic N) is 1. The van der Waals surface area contributed by atoms with Crippen LogP contribution in [0.25, 0.3) is 0 Å². The molecule has 0 aliphatic carbocycles. The molecule has 1 fully saturated rings. The third kappa shape index (κ3) is 4.39. The van der Waals surface area contributed by atoms with E-state index in [1.165, 1.54) is 7.11 Å². The van der Waals surface area contributed by atoms with E-state index in [0.29, 0.717) is 18.8 Å². The van der Waals surface area contributed by atoms with Crippen molar-refractivity contribution in [2.24, 2.45) is 0 Å². The Balaban J connectivity index is 0.00000264. The van der Waals surface area contributed by atoms with Gasteiger partial charge in [0.15, 0.2) is 0 Å². The first-order chi connectivity index (χ1) is 10.4. The van der Waals surface area contributed by atoms with E-state index in [9.17, 15) is 8.42 Å². The summed E-state index contributed by atoms with van der Waals surface area (Å²) in [7, 11) is -2.09. The summed E-state index contributed by atoms with van der Waals surface area (Å²) in [6.07, 6.45) is 1.62. The first kappa shape index (κ1) is 20.7. The SMILES string of the molecule is CCCN(C1CCNC1)S(=O)(=O)c1cc(Br)c(C)cc1OC.Cl. The summed E-state index contributed by atoms with van der Waals surface area (Å²) in [4.78, 5) is 0.229. The number of halogens is 2. The molecule has 1 N–H and O–H groups in total. The number of hydrogen-bond acceptors (Lipinski definition) is 4. The average Bonchev–Trinajstić information content (AvgIpc) is 3.00. The molecule has 1 aromatic rings. The first-order valence-corrected chi connectivity index (χ1v) is 9.71. The zero-order valence-electron chi connectivity index (χ0n) is 13.6. The average molecular weight is 428 g/mol. The zero-order valence-corrected chi connectivity index (χ0v) is 16.9. The summed E-state index contributed by atoms with van der Waals surface area (Å²) in [6, 6.07) is 3.41. The Morgan fingerprint density at radius 2 is 2.13 bits per heavy atom. The van der Waals surface area contributed by atoms with E-state index in [4.69, 9.17) is 4.74 Å². The fourth-order valence-electron chi connectivity index (χ4n) is 2.73. The predicted octanol–water partition coefficient (Wildman–Crippen LogP) is 2.95. The van der Waals surface area contributed by atoms with E-state index in [1.807, 2.05) is 13.8 Å². The molecule has 132 valence electrons. The maximum atomic E-state index is 13.1. The maximum absolute atomic E-state index is 13.1. The van der Waals surface area contributed by atoms with E-state index in [0.717, 1.165) is 29.4 Å². The Morgan fingerprint density at radius 3 is 2.65 bits per heavy atom. The molecule has 1 aliphatic rings. The number of sulfonamides is 1. The molecule has 1 unspecified atom stereocenters. The van der Waals surface area contributed by atoms with Crippen LogP contribution in [0.2, 0.25) is 0 Å². The van der Waals surface area contributed by atoms with Crippen LogP contribution in [-0.2, 0) is 10.0 Å². The normalized spacial score (nSPS) is 18.0. The number of nitrogens with one attached hydrogen (secondary N) is 1. The van der Waals surface area contributed by atoms with Gasteiger partial charge in [-0.15, -0.1) is 12.4 Å². The van der Waals surface area contributed by atoms with Gasteiger partial charge in [0.05, 0.1) is 7.11 Å². The minimum Gasteiger partial charge on any atom is -0.495 e. The lowest BCUT2D eigenvalue weighted by Gasteiger charge is -2.28. The van der Waals surface area contributed by atoms with Crippen LogP contribution < -0.4 is 10.1 Å².